The monoisotopic (exact) mass is 632 g/mol. The van der Waals surface area contributed by atoms with E-state index in [1.807, 2.05) is 25.7 Å². The number of nitrogens with one attached hydrogen (secondary N) is 2. The fraction of sp³-hybridized carbons (Fsp3) is 0.688. The molecule has 2 aliphatic heterocycles. The van der Waals surface area contributed by atoms with Gasteiger partial charge in [-0.05, 0) is 76.6 Å². The van der Waals surface area contributed by atoms with Crippen LogP contribution in [0.4, 0.5) is 4.79 Å². The largest absolute Gasteiger partial charge is 0.497 e. The van der Waals surface area contributed by atoms with Crippen molar-refractivity contribution in [2.75, 3.05) is 31.8 Å². The summed E-state index contributed by atoms with van der Waals surface area (Å²) in [6.45, 7) is 6.75. The van der Waals surface area contributed by atoms with E-state index in [2.05, 4.69) is 10.6 Å². The highest BCUT2D eigenvalue weighted by molar-refractivity contribution is 7.99. The predicted octanol–water partition coefficient (Wildman–Crippen LogP) is 5.37. The zero-order valence-electron chi connectivity index (χ0n) is 26.1. The van der Waals surface area contributed by atoms with Crippen molar-refractivity contribution < 1.29 is 23.9 Å². The van der Waals surface area contributed by atoms with E-state index in [1.54, 1.807) is 43.1 Å². The van der Waals surface area contributed by atoms with Crippen molar-refractivity contribution in [3.63, 3.8) is 0 Å². The molecule has 0 radical (unpaired) electrons. The second-order valence-corrected chi connectivity index (χ2v) is 14.4. The number of benzene rings is 1. The molecule has 238 valence electrons. The van der Waals surface area contributed by atoms with Crippen LogP contribution < -0.4 is 15.4 Å². The molecule has 2 heterocycles. The van der Waals surface area contributed by atoms with Crippen molar-refractivity contribution in [1.82, 2.24) is 20.4 Å². The quantitative estimate of drug-likeness (QED) is 0.351. The standard InChI is InChI=1S/C32H48N4O5S2/c1-32(2,3)41-31(39)36-21-43-20-27(36)28(37)34-26(15-10-22-8-6-5-7-9-22)29(42)33-24-16-18-35(19-17-24)30(38)23-11-13-25(40-4)14-12-23/h11-14,22,24,26-27H,5-10,15-21H2,1-4H3,(H,33,42)(H,34,37)/t26-,27+/m1/s1. The van der Waals surface area contributed by atoms with E-state index in [0.717, 1.165) is 31.4 Å². The first-order chi connectivity index (χ1) is 20.5. The summed E-state index contributed by atoms with van der Waals surface area (Å²) in [6, 6.07) is 6.43. The summed E-state index contributed by atoms with van der Waals surface area (Å²) in [7, 11) is 1.61. The summed E-state index contributed by atoms with van der Waals surface area (Å²) in [5.74, 6) is 2.17. The van der Waals surface area contributed by atoms with E-state index in [1.165, 1.54) is 37.0 Å². The zero-order valence-corrected chi connectivity index (χ0v) is 27.7. The minimum Gasteiger partial charge on any atom is -0.497 e. The van der Waals surface area contributed by atoms with Gasteiger partial charge < -0.3 is 25.0 Å². The van der Waals surface area contributed by atoms with Crippen molar-refractivity contribution in [3.05, 3.63) is 29.8 Å². The van der Waals surface area contributed by atoms with Crippen LogP contribution in [0.3, 0.4) is 0 Å². The smallest absolute Gasteiger partial charge is 0.411 e. The summed E-state index contributed by atoms with van der Waals surface area (Å²) in [5.41, 5.74) is 0.0209. The van der Waals surface area contributed by atoms with E-state index in [0.29, 0.717) is 41.2 Å². The summed E-state index contributed by atoms with van der Waals surface area (Å²) < 4.78 is 10.8. The Labute approximate surface area is 266 Å². The van der Waals surface area contributed by atoms with Gasteiger partial charge in [0.1, 0.15) is 17.4 Å². The summed E-state index contributed by atoms with van der Waals surface area (Å²) >= 11 is 7.47. The van der Waals surface area contributed by atoms with Gasteiger partial charge >= 0.3 is 6.09 Å². The Bertz CT molecular complexity index is 1110. The number of amides is 3. The molecule has 4 rings (SSSR count). The van der Waals surface area contributed by atoms with Crippen LogP contribution in [0.1, 0.15) is 88.9 Å². The van der Waals surface area contributed by atoms with Crippen LogP contribution in [-0.2, 0) is 9.53 Å². The molecule has 1 aromatic carbocycles. The van der Waals surface area contributed by atoms with Crippen LogP contribution in [0.25, 0.3) is 0 Å². The number of carbonyl (C=O) groups is 3. The number of methoxy groups -OCH3 is 1. The zero-order chi connectivity index (χ0) is 31.0. The second kappa shape index (κ2) is 15.5. The van der Waals surface area contributed by atoms with Gasteiger partial charge in [-0.15, -0.1) is 11.8 Å². The lowest BCUT2D eigenvalue weighted by Crippen LogP contribution is -2.56. The number of thiocarbonyl (C=S) groups is 1. The molecule has 3 aliphatic rings. The lowest BCUT2D eigenvalue weighted by atomic mass is 9.85. The normalized spacial score (nSPS) is 20.8. The van der Waals surface area contributed by atoms with Crippen molar-refractivity contribution >= 4 is 46.9 Å². The lowest BCUT2D eigenvalue weighted by molar-refractivity contribution is -0.125. The molecule has 3 amide bonds. The van der Waals surface area contributed by atoms with Gasteiger partial charge in [0, 0.05) is 30.4 Å². The van der Waals surface area contributed by atoms with Gasteiger partial charge in [0.05, 0.1) is 24.0 Å². The number of piperidine rings is 1. The third-order valence-corrected chi connectivity index (χ3v) is 9.91. The van der Waals surface area contributed by atoms with Gasteiger partial charge in [-0.2, -0.15) is 0 Å². The van der Waals surface area contributed by atoms with Crippen molar-refractivity contribution in [2.24, 2.45) is 5.92 Å². The molecule has 3 fully saturated rings. The third kappa shape index (κ3) is 9.73. The number of hydrogen-bond donors (Lipinski definition) is 2. The Morgan fingerprint density at radius 3 is 2.35 bits per heavy atom. The van der Waals surface area contributed by atoms with Gasteiger partial charge in [-0.3, -0.25) is 14.5 Å². The molecule has 0 spiro atoms. The first kappa shape index (κ1) is 33.4. The molecule has 0 bridgehead atoms. The molecule has 43 heavy (non-hydrogen) atoms. The fourth-order valence-electron chi connectivity index (χ4n) is 6.02. The minimum absolute atomic E-state index is 0.0188. The van der Waals surface area contributed by atoms with Crippen LogP contribution in [0, 0.1) is 5.92 Å². The molecule has 1 saturated carbocycles. The van der Waals surface area contributed by atoms with E-state index < -0.39 is 17.7 Å². The van der Waals surface area contributed by atoms with E-state index in [-0.39, 0.29) is 23.9 Å². The van der Waals surface area contributed by atoms with Crippen LogP contribution >= 0.6 is 24.0 Å². The average molecular weight is 633 g/mol. The highest BCUT2D eigenvalue weighted by Gasteiger charge is 2.38. The molecular weight excluding hydrogens is 585 g/mol. The Morgan fingerprint density at radius 1 is 1.05 bits per heavy atom. The highest BCUT2D eigenvalue weighted by atomic mass is 32.2. The highest BCUT2D eigenvalue weighted by Crippen LogP contribution is 2.29. The molecule has 2 saturated heterocycles. The molecule has 1 aliphatic carbocycles. The summed E-state index contributed by atoms with van der Waals surface area (Å²) in [5, 5.41) is 6.75. The van der Waals surface area contributed by atoms with Crippen molar-refractivity contribution in [1.29, 1.82) is 0 Å². The van der Waals surface area contributed by atoms with Crippen molar-refractivity contribution in [3.8, 4) is 5.75 Å². The maximum absolute atomic E-state index is 13.6. The van der Waals surface area contributed by atoms with Crippen LogP contribution in [0.2, 0.25) is 0 Å². The molecule has 1 aromatic rings. The van der Waals surface area contributed by atoms with Gasteiger partial charge in [0.25, 0.3) is 5.91 Å². The number of thioether (sulfide) groups is 1. The number of hydrogen-bond acceptors (Lipinski definition) is 7. The molecule has 2 atom stereocenters. The number of ether oxygens (including phenoxy) is 2. The summed E-state index contributed by atoms with van der Waals surface area (Å²) in [6.07, 6.45) is 9.16. The molecule has 0 unspecified atom stereocenters. The number of likely N-dealkylation sites (tertiary alicyclic amines) is 1. The van der Waals surface area contributed by atoms with Crippen LogP contribution in [0.5, 0.6) is 5.75 Å². The van der Waals surface area contributed by atoms with Gasteiger partial charge in [-0.1, -0.05) is 44.3 Å². The molecule has 0 aromatic heterocycles. The predicted molar refractivity (Wildman–Crippen MR) is 175 cm³/mol. The first-order valence-electron chi connectivity index (χ1n) is 15.7. The molecular formula is C32H48N4O5S2. The number of carbonyl (C=O) groups excluding carboxylic acids is 3. The maximum atomic E-state index is 13.6. The van der Waals surface area contributed by atoms with Crippen LogP contribution in [0.15, 0.2) is 24.3 Å². The lowest BCUT2D eigenvalue weighted by Gasteiger charge is -2.35. The summed E-state index contributed by atoms with van der Waals surface area (Å²) in [4.78, 5) is 43.5. The SMILES string of the molecule is COc1ccc(C(=O)N2CCC(NC(=S)[C@@H](CCC3CCCCC3)NC(=O)[C@@H]3CSCN3C(=O)OC(C)(C)C)CC2)cc1. The van der Waals surface area contributed by atoms with Gasteiger partial charge in [0.15, 0.2) is 0 Å². The fourth-order valence-corrected chi connectivity index (χ4v) is 7.51. The molecule has 11 heteroatoms. The maximum Gasteiger partial charge on any atom is 0.411 e. The Kier molecular flexibility index (Phi) is 12.0. The Balaban J connectivity index is 1.34. The Hall–Kier alpha value is -2.53. The topological polar surface area (TPSA) is 100 Å². The van der Waals surface area contributed by atoms with Crippen molar-refractivity contribution in [2.45, 2.75) is 102 Å². The van der Waals surface area contributed by atoms with Gasteiger partial charge in [-0.25, -0.2) is 4.79 Å². The van der Waals surface area contributed by atoms with E-state index >= 15 is 0 Å². The average Bonchev–Trinajstić information content (AvgIpc) is 3.50. The van der Waals surface area contributed by atoms with E-state index in [9.17, 15) is 14.4 Å². The number of nitrogens with zero attached hydrogens (tertiary/aromatic N) is 2. The van der Waals surface area contributed by atoms with E-state index in [4.69, 9.17) is 21.7 Å². The molecule has 2 N–H and O–H groups in total. The third-order valence-electron chi connectivity index (χ3n) is 8.50. The van der Waals surface area contributed by atoms with Gasteiger partial charge in [0.2, 0.25) is 5.91 Å². The molecule has 9 nitrogen and oxygen atoms in total. The van der Waals surface area contributed by atoms with Crippen LogP contribution in [-0.4, -0.2) is 88.3 Å². The first-order valence-corrected chi connectivity index (χ1v) is 17.2. The minimum atomic E-state index is -0.631. The number of rotatable bonds is 9. The second-order valence-electron chi connectivity index (χ2n) is 12.9. The Morgan fingerprint density at radius 2 is 1.72 bits per heavy atom.